The van der Waals surface area contributed by atoms with E-state index in [0.29, 0.717) is 31.8 Å². The number of aromatic nitrogens is 1. The molecule has 3 aromatic rings. The van der Waals surface area contributed by atoms with E-state index in [1.54, 1.807) is 11.1 Å². The number of pyridine rings is 1. The zero-order valence-electron chi connectivity index (χ0n) is 22.1. The molecular weight excluding hydrogens is 496 g/mol. The standard InChI is InChI=1S/C31H33F2N5O/c1-21-17-23(14-15-35-21)30(34)24-9-6-16-37(18-24)31(39)36-25-12-13-29(22-7-3-2-4-8-22)38(19-25)20-26-27(32)10-5-11-28(26)33/h2-5,7-11,14-15,17,25,29,34H,6,12-13,16,18-20H2,1H3,(H,36,39)/p+1. The summed E-state index contributed by atoms with van der Waals surface area (Å²) in [6.07, 6.45) is 6.06. The Bertz CT molecular complexity index is 1360. The van der Waals surface area contributed by atoms with E-state index in [1.165, 1.54) is 18.2 Å². The van der Waals surface area contributed by atoms with Crippen molar-refractivity contribution in [3.05, 3.63) is 113 Å². The summed E-state index contributed by atoms with van der Waals surface area (Å²) in [5.41, 5.74) is 4.50. The number of benzene rings is 2. The van der Waals surface area contributed by atoms with Gasteiger partial charge < -0.3 is 10.2 Å². The van der Waals surface area contributed by atoms with Crippen molar-refractivity contribution in [3.8, 4) is 0 Å². The molecule has 2 aliphatic heterocycles. The van der Waals surface area contributed by atoms with E-state index in [1.807, 2.05) is 49.4 Å². The SMILES string of the molecule is Cc1cc(C(=[NH2+])C2=CCCN(C(=O)NC3CCC(c4ccccc4)N(Cc4c(F)cccc4F)C3)C2)ccn1. The van der Waals surface area contributed by atoms with Crippen molar-refractivity contribution in [2.45, 2.75) is 44.8 Å². The van der Waals surface area contributed by atoms with Crippen molar-refractivity contribution in [2.75, 3.05) is 19.6 Å². The van der Waals surface area contributed by atoms with Gasteiger partial charge in [0.15, 0.2) is 0 Å². The maximum atomic E-state index is 14.6. The molecule has 6 nitrogen and oxygen atoms in total. The first-order valence-corrected chi connectivity index (χ1v) is 13.4. The molecule has 39 heavy (non-hydrogen) atoms. The lowest BCUT2D eigenvalue weighted by molar-refractivity contribution is -0.112. The van der Waals surface area contributed by atoms with Crippen LogP contribution in [0.1, 0.15) is 47.7 Å². The van der Waals surface area contributed by atoms with Gasteiger partial charge in [0.25, 0.3) is 0 Å². The highest BCUT2D eigenvalue weighted by Crippen LogP contribution is 2.33. The molecule has 2 unspecified atom stereocenters. The Morgan fingerprint density at radius 3 is 2.59 bits per heavy atom. The molecule has 8 heteroatoms. The number of nitrogens with zero attached hydrogens (tertiary/aromatic N) is 3. The van der Waals surface area contributed by atoms with Crippen molar-refractivity contribution in [1.29, 1.82) is 0 Å². The van der Waals surface area contributed by atoms with Gasteiger partial charge in [-0.3, -0.25) is 15.3 Å². The number of piperidine rings is 1. The molecule has 0 aliphatic carbocycles. The normalized spacial score (nSPS) is 19.9. The number of nitrogens with one attached hydrogen (secondary N) is 1. The van der Waals surface area contributed by atoms with Crippen LogP contribution in [-0.4, -0.2) is 52.2 Å². The van der Waals surface area contributed by atoms with Crippen LogP contribution in [-0.2, 0) is 6.54 Å². The molecule has 0 saturated carbocycles. The van der Waals surface area contributed by atoms with Crippen LogP contribution in [0.15, 0.2) is 78.5 Å². The van der Waals surface area contributed by atoms with Gasteiger partial charge in [0.2, 0.25) is 5.71 Å². The van der Waals surface area contributed by atoms with Gasteiger partial charge in [-0.05, 0) is 56.0 Å². The molecule has 1 saturated heterocycles. The van der Waals surface area contributed by atoms with E-state index >= 15 is 0 Å². The highest BCUT2D eigenvalue weighted by atomic mass is 19.1. The summed E-state index contributed by atoms with van der Waals surface area (Å²) >= 11 is 0. The van der Waals surface area contributed by atoms with Crippen molar-refractivity contribution in [1.82, 2.24) is 20.1 Å². The average Bonchev–Trinajstić information content (AvgIpc) is 2.95. The molecule has 1 aromatic heterocycles. The number of rotatable bonds is 6. The van der Waals surface area contributed by atoms with Crippen molar-refractivity contribution >= 4 is 11.7 Å². The molecule has 5 rings (SSSR count). The van der Waals surface area contributed by atoms with Gasteiger partial charge in [0, 0.05) is 60.3 Å². The van der Waals surface area contributed by atoms with Gasteiger partial charge in [0.1, 0.15) is 11.6 Å². The highest BCUT2D eigenvalue weighted by Gasteiger charge is 2.33. The third kappa shape index (κ3) is 6.23. The summed E-state index contributed by atoms with van der Waals surface area (Å²) < 4.78 is 29.1. The summed E-state index contributed by atoms with van der Waals surface area (Å²) in [7, 11) is 0. The molecule has 2 amide bonds. The summed E-state index contributed by atoms with van der Waals surface area (Å²) in [6.45, 7) is 3.55. The number of hydrogen-bond donors (Lipinski definition) is 2. The fourth-order valence-corrected chi connectivity index (χ4v) is 5.55. The number of likely N-dealkylation sites (tertiary alicyclic amines) is 1. The predicted molar refractivity (Wildman–Crippen MR) is 147 cm³/mol. The van der Waals surface area contributed by atoms with Gasteiger partial charge in [-0.15, -0.1) is 0 Å². The summed E-state index contributed by atoms with van der Waals surface area (Å²) in [5.74, 6) is -1.11. The summed E-state index contributed by atoms with van der Waals surface area (Å²) in [6, 6.07) is 17.5. The second kappa shape index (κ2) is 11.9. The lowest BCUT2D eigenvalue weighted by atomic mass is 9.92. The first-order valence-electron chi connectivity index (χ1n) is 13.4. The topological polar surface area (TPSA) is 74.1 Å². The maximum Gasteiger partial charge on any atom is 0.317 e. The fourth-order valence-electron chi connectivity index (χ4n) is 5.55. The number of urea groups is 1. The number of aryl methyl sites for hydroxylation is 1. The highest BCUT2D eigenvalue weighted by molar-refractivity contribution is 6.09. The maximum absolute atomic E-state index is 14.6. The van der Waals surface area contributed by atoms with E-state index < -0.39 is 11.6 Å². The minimum Gasteiger partial charge on any atom is -0.334 e. The molecule has 0 bridgehead atoms. The van der Waals surface area contributed by atoms with Gasteiger partial charge >= 0.3 is 6.03 Å². The Labute approximate surface area is 227 Å². The minimum atomic E-state index is -0.557. The number of carbonyl (C=O) groups is 1. The zero-order valence-corrected chi connectivity index (χ0v) is 22.1. The molecule has 3 N–H and O–H groups in total. The number of amides is 2. The lowest BCUT2D eigenvalue weighted by Gasteiger charge is -2.41. The van der Waals surface area contributed by atoms with Crippen molar-refractivity contribution in [2.24, 2.45) is 0 Å². The third-order valence-corrected chi connectivity index (χ3v) is 7.61. The van der Waals surface area contributed by atoms with E-state index in [2.05, 4.69) is 21.3 Å². The van der Waals surface area contributed by atoms with Crippen LogP contribution in [0, 0.1) is 18.6 Å². The minimum absolute atomic E-state index is 0.00102. The largest absolute Gasteiger partial charge is 0.334 e. The number of carbonyl (C=O) groups excluding carboxylic acids is 1. The Balaban J connectivity index is 1.27. The molecule has 202 valence electrons. The molecule has 2 aliphatic rings. The molecule has 0 radical (unpaired) electrons. The van der Waals surface area contributed by atoms with E-state index in [0.717, 1.165) is 35.2 Å². The van der Waals surface area contributed by atoms with Crippen LogP contribution in [0.3, 0.4) is 0 Å². The Hall–Kier alpha value is -3.91. The number of nitrogens with two attached hydrogens (primary N) is 1. The van der Waals surface area contributed by atoms with Crippen LogP contribution in [0.4, 0.5) is 13.6 Å². The third-order valence-electron chi connectivity index (χ3n) is 7.61. The van der Waals surface area contributed by atoms with Gasteiger partial charge in [-0.25, -0.2) is 13.6 Å². The fraction of sp³-hybridized carbons (Fsp3) is 0.323. The Morgan fingerprint density at radius 1 is 1.08 bits per heavy atom. The van der Waals surface area contributed by atoms with Gasteiger partial charge in [-0.2, -0.15) is 0 Å². The van der Waals surface area contributed by atoms with Crippen molar-refractivity contribution < 1.29 is 19.0 Å². The van der Waals surface area contributed by atoms with E-state index in [4.69, 9.17) is 5.41 Å². The first kappa shape index (κ1) is 26.7. The van der Waals surface area contributed by atoms with Crippen LogP contribution in [0.25, 0.3) is 0 Å². The molecule has 2 atom stereocenters. The molecule has 0 spiro atoms. The van der Waals surface area contributed by atoms with Gasteiger partial charge in [0.05, 0.1) is 6.54 Å². The van der Waals surface area contributed by atoms with Crippen LogP contribution in [0.2, 0.25) is 0 Å². The quantitative estimate of drug-likeness (QED) is 0.474. The summed E-state index contributed by atoms with van der Waals surface area (Å²) in [5, 5.41) is 9.65. The molecular formula is C31H34F2N5O+. The molecule has 1 fully saturated rings. The summed E-state index contributed by atoms with van der Waals surface area (Å²) in [4.78, 5) is 21.4. The first-order chi connectivity index (χ1) is 18.9. The van der Waals surface area contributed by atoms with E-state index in [9.17, 15) is 13.6 Å². The van der Waals surface area contributed by atoms with Crippen molar-refractivity contribution in [3.63, 3.8) is 0 Å². The second-order valence-corrected chi connectivity index (χ2v) is 10.3. The number of halogens is 2. The molecule has 3 heterocycles. The lowest BCUT2D eigenvalue weighted by Crippen LogP contribution is -2.54. The second-order valence-electron chi connectivity index (χ2n) is 10.3. The Kier molecular flexibility index (Phi) is 8.12. The Morgan fingerprint density at radius 2 is 1.85 bits per heavy atom. The smallest absolute Gasteiger partial charge is 0.317 e. The van der Waals surface area contributed by atoms with E-state index in [-0.39, 0.29) is 30.2 Å². The number of hydrogen-bond acceptors (Lipinski definition) is 3. The monoisotopic (exact) mass is 530 g/mol. The molecule has 2 aromatic carbocycles. The zero-order chi connectivity index (χ0) is 27.4. The average molecular weight is 531 g/mol. The van der Waals surface area contributed by atoms with Crippen LogP contribution in [0.5, 0.6) is 0 Å². The van der Waals surface area contributed by atoms with Crippen LogP contribution >= 0.6 is 0 Å². The predicted octanol–water partition coefficient (Wildman–Crippen LogP) is 3.96. The van der Waals surface area contributed by atoms with Crippen LogP contribution < -0.4 is 10.7 Å². The van der Waals surface area contributed by atoms with Gasteiger partial charge in [-0.1, -0.05) is 42.5 Å².